The SMILES string of the molecule is C=C(NC(=O)c1csc(C2CCC34NC(=O)[C@H](C)NC(=O)C(=C)NC(=O)[C@H](C)NC(=O)[C@H]([C@@H](C)CC)NC5C=Cc6c([C@H](C)O)cc(nc6[C@H]5O)C(=O)O[C@H](C)[C@H](NC(=O)c5csc(n5)[C@H]([C@](C)(O)[C@@H](C)O)NC(=O)[C@H]5CSC(=N5)/C(=C/C)NC(=O)[C@H]([C@@H](C)O)NC(=O)c5csc3n5)c3nc(cs3)[C@H]4N2)n1)C(N)=O. The van der Waals surface area contributed by atoms with Crippen LogP contribution in [0.1, 0.15) is 209 Å². The molecule has 5 aliphatic rings. The van der Waals surface area contributed by atoms with Crippen LogP contribution in [-0.2, 0) is 43.8 Å². The highest BCUT2D eigenvalue weighted by Gasteiger charge is 2.52. The number of rotatable bonds is 10. The number of carbonyl (C=O) groups excluding carboxylic acids is 11. The molecule has 13 bridgehead atoms. The Hall–Kier alpha value is -9.46. The second kappa shape index (κ2) is 33.8. The summed E-state index contributed by atoms with van der Waals surface area (Å²) < 4.78 is 6.27. The largest absolute Gasteiger partial charge is 0.455 e. The van der Waals surface area contributed by atoms with Crippen LogP contribution >= 0.6 is 57.1 Å². The van der Waals surface area contributed by atoms with E-state index >= 15 is 14.4 Å². The molecule has 1 fully saturated rings. The fraction of sp³-hybridized carbons (Fsp3) is 0.464. The summed E-state index contributed by atoms with van der Waals surface area (Å²) in [7, 11) is 0. The number of pyridine rings is 1. The number of nitrogens with one attached hydrogen (secondary N) is 11. The first-order chi connectivity index (χ1) is 51.4. The summed E-state index contributed by atoms with van der Waals surface area (Å²) >= 11 is 4.67. The molecule has 1 aliphatic carbocycles. The number of thioether (sulfide) groups is 1. The zero-order chi connectivity index (χ0) is 79.6. The van der Waals surface area contributed by atoms with E-state index in [0.29, 0.717) is 6.42 Å². The van der Waals surface area contributed by atoms with E-state index in [9.17, 15) is 63.9 Å². The maximum absolute atomic E-state index is 15.3. The first-order valence-electron chi connectivity index (χ1n) is 34.5. The molecule has 5 aromatic rings. The highest BCUT2D eigenvalue weighted by atomic mass is 32.2. The predicted octanol–water partition coefficient (Wildman–Crippen LogP) is 0.986. The van der Waals surface area contributed by atoms with Crippen molar-refractivity contribution in [1.82, 2.24) is 83.4 Å². The van der Waals surface area contributed by atoms with Gasteiger partial charge in [0.2, 0.25) is 29.5 Å². The summed E-state index contributed by atoms with van der Waals surface area (Å²) in [6.45, 7) is 21.6. The summed E-state index contributed by atoms with van der Waals surface area (Å²) in [6, 6.07) is -12.0. The molecule has 0 spiro atoms. The Morgan fingerprint density at radius 1 is 0.780 bits per heavy atom. The third kappa shape index (κ3) is 17.7. The number of primary amides is 1. The number of fused-ring (bicyclic) bond motifs is 7. The van der Waals surface area contributed by atoms with Gasteiger partial charge in [-0.05, 0) is 85.8 Å². The smallest absolute Gasteiger partial charge is 0.357 e. The van der Waals surface area contributed by atoms with Crippen LogP contribution in [0.25, 0.3) is 6.08 Å². The van der Waals surface area contributed by atoms with Crippen molar-refractivity contribution < 1.29 is 83.0 Å². The number of aliphatic imine (C=N–C) groups is 1. The number of aliphatic hydroxyl groups is 5. The number of aromatic nitrogens is 5. The number of ether oxygens (including phenoxy) is 1. The van der Waals surface area contributed by atoms with Gasteiger partial charge < -0.3 is 83.9 Å². The molecule has 4 aliphatic heterocycles. The van der Waals surface area contributed by atoms with E-state index in [2.05, 4.69) is 91.6 Å². The van der Waals surface area contributed by atoms with Gasteiger partial charge in [0.05, 0.1) is 71.0 Å². The molecule has 0 saturated carbocycles. The molecule has 3 unspecified atom stereocenters. The number of amides is 10. The normalized spacial score (nSPS) is 28.4. The molecule has 582 valence electrons. The molecule has 35 nitrogen and oxygen atoms in total. The van der Waals surface area contributed by atoms with Crippen molar-refractivity contribution >= 4 is 133 Å². The zero-order valence-electron chi connectivity index (χ0n) is 60.5. The van der Waals surface area contributed by atoms with Gasteiger partial charge in [-0.15, -0.1) is 57.1 Å². The number of hydrogen-bond donors (Lipinski definition) is 17. The Kier molecular flexibility index (Phi) is 25.4. The van der Waals surface area contributed by atoms with Gasteiger partial charge in [0.25, 0.3) is 29.5 Å². The summed E-state index contributed by atoms with van der Waals surface area (Å²) in [5.41, 5.74) is -0.613. The Morgan fingerprint density at radius 2 is 1.46 bits per heavy atom. The molecular formula is C69H84N18O17S5. The second-order valence-corrected chi connectivity index (χ2v) is 31.6. The lowest BCUT2D eigenvalue weighted by Crippen LogP contribution is -2.61. The molecule has 0 aromatic carbocycles. The van der Waals surface area contributed by atoms with E-state index in [-0.39, 0.29) is 89.0 Å². The quantitative estimate of drug-likeness (QED) is 0.0684. The van der Waals surface area contributed by atoms with Crippen molar-refractivity contribution in [2.75, 3.05) is 5.75 Å². The number of esters is 1. The first-order valence-corrected chi connectivity index (χ1v) is 39.0. The minimum Gasteiger partial charge on any atom is -0.455 e. The predicted molar refractivity (Wildman–Crippen MR) is 400 cm³/mol. The van der Waals surface area contributed by atoms with Crippen molar-refractivity contribution in [3.63, 3.8) is 0 Å². The van der Waals surface area contributed by atoms with Gasteiger partial charge in [-0.25, -0.2) is 29.7 Å². The zero-order valence-corrected chi connectivity index (χ0v) is 64.6. The van der Waals surface area contributed by atoms with Gasteiger partial charge in [-0.1, -0.05) is 51.7 Å². The second-order valence-electron chi connectivity index (χ2n) is 27.1. The van der Waals surface area contributed by atoms with Crippen molar-refractivity contribution in [2.45, 2.75) is 191 Å². The van der Waals surface area contributed by atoms with E-state index in [1.807, 2.05) is 6.92 Å². The minimum absolute atomic E-state index is 0.00117. The van der Waals surface area contributed by atoms with Gasteiger partial charge >= 0.3 is 5.97 Å². The van der Waals surface area contributed by atoms with Crippen LogP contribution in [0, 0.1) is 5.92 Å². The van der Waals surface area contributed by atoms with E-state index < -0.39 is 190 Å². The fourth-order valence-corrected chi connectivity index (χ4v) is 17.3. The number of thiazole rings is 4. The highest BCUT2D eigenvalue weighted by molar-refractivity contribution is 8.14. The summed E-state index contributed by atoms with van der Waals surface area (Å²) in [5.74, 6) is -10.7. The van der Waals surface area contributed by atoms with Gasteiger partial charge in [0.1, 0.15) is 107 Å². The topological polar surface area (TPSA) is 533 Å². The molecule has 1 saturated heterocycles. The average molecular weight is 1600 g/mol. The molecule has 0 radical (unpaired) electrons. The standard InChI is InChI=1S/C69H84N18O17S5/c1-13-25(3)45-60(100)74-28(6)54(94)72-27(5)53(93)73-29(7)55(95)87-69-18-17-38(63-81-41(21-106-63)56(96)71-26(4)52(70)92)77-50(69)40-20-107-64(79-40)47(32(10)104-66(102)39-19-35(30(8)88)34-15-16-37(75-45)49(91)48(34)76-39)85-57(97)42-23-108-65(82-42)51(68(12,103)33(11)90)86-59(99)43-22-105-62(80-43)36(14-2)78-61(101)46(31(9)89)84-58(98)44-24-109-67(69)83-44/h14-16,19-21,23-25,28-33,37-38,43,45-47,49-51,75,77,88-91,103H,4-5,13,17-18,22H2,1-3,6-12H3,(H2,70,92)(H,71,96)(H,72,94)(H,73,93)(H,74,100)(H,78,101)(H,84,98)(H,85,97)(H,86,99)(H,87,95)/b36-14-/t25-,28-,29-,30-,31+,32+,33+,37?,38?,43+,45-,46-,47-,49-,50+,51+,68+,69?/m0/s1. The number of piperidine rings is 1. The number of cyclic esters (lactones) is 1. The first kappa shape index (κ1) is 82.0. The maximum atomic E-state index is 15.3. The monoisotopic (exact) mass is 1600 g/mol. The van der Waals surface area contributed by atoms with Crippen LogP contribution < -0.4 is 64.2 Å². The van der Waals surface area contributed by atoms with Crippen molar-refractivity contribution in [3.05, 3.63) is 135 Å². The van der Waals surface area contributed by atoms with E-state index in [1.165, 1.54) is 82.1 Å². The molecule has 5 aromatic heterocycles. The molecule has 9 heterocycles. The van der Waals surface area contributed by atoms with Crippen LogP contribution in [0.3, 0.4) is 0 Å². The number of nitrogens with two attached hydrogens (primary N) is 1. The Labute approximate surface area is 644 Å². The van der Waals surface area contributed by atoms with Crippen LogP contribution in [0.4, 0.5) is 0 Å². The van der Waals surface area contributed by atoms with Crippen LogP contribution in [0.15, 0.2) is 75.0 Å². The Bertz CT molecular complexity index is 4560. The average Bonchev–Trinajstić information content (AvgIpc) is 1.68. The highest BCUT2D eigenvalue weighted by Crippen LogP contribution is 2.48. The third-order valence-corrected chi connectivity index (χ3v) is 24.1. The molecule has 18 atom stereocenters. The Balaban J connectivity index is 1.17. The van der Waals surface area contributed by atoms with Crippen LogP contribution in [0.5, 0.6) is 0 Å². The molecule has 10 rings (SSSR count). The van der Waals surface area contributed by atoms with Crippen LogP contribution in [0.2, 0.25) is 0 Å². The molecular weight excluding hydrogens is 1510 g/mol. The van der Waals surface area contributed by atoms with E-state index in [1.54, 1.807) is 26.0 Å². The number of allylic oxidation sites excluding steroid dienone is 1. The van der Waals surface area contributed by atoms with Gasteiger partial charge in [-0.2, -0.15) is 0 Å². The van der Waals surface area contributed by atoms with E-state index in [4.69, 9.17) is 20.4 Å². The van der Waals surface area contributed by atoms with Gasteiger partial charge in [0.15, 0.2) is 0 Å². The van der Waals surface area contributed by atoms with Crippen molar-refractivity contribution in [1.29, 1.82) is 0 Å². The van der Waals surface area contributed by atoms with Gasteiger partial charge in [0, 0.05) is 32.8 Å². The lowest BCUT2D eigenvalue weighted by molar-refractivity contribution is -0.131. The molecule has 18 N–H and O–H groups in total. The van der Waals surface area contributed by atoms with Crippen LogP contribution in [-0.4, -0.2) is 186 Å². The van der Waals surface area contributed by atoms with Gasteiger partial charge in [-0.3, -0.25) is 63.6 Å². The summed E-state index contributed by atoms with van der Waals surface area (Å²) in [4.78, 5) is 185. The molecule has 10 amide bonds. The summed E-state index contributed by atoms with van der Waals surface area (Å²) in [6.07, 6.45) is -2.72. The lowest BCUT2D eigenvalue weighted by Gasteiger charge is -2.46. The minimum atomic E-state index is -2.19. The van der Waals surface area contributed by atoms with Crippen molar-refractivity contribution in [3.8, 4) is 0 Å². The number of aliphatic hydroxyl groups excluding tert-OH is 4. The maximum Gasteiger partial charge on any atom is 0.357 e. The number of carbonyl (C=O) groups is 11. The number of nitrogens with zero attached hydrogens (tertiary/aromatic N) is 6. The molecule has 109 heavy (non-hydrogen) atoms. The fourth-order valence-electron chi connectivity index (χ4n) is 12.3. The Morgan fingerprint density at radius 3 is 2.14 bits per heavy atom. The number of hydrogen-bond acceptors (Lipinski definition) is 30. The van der Waals surface area contributed by atoms with E-state index in [0.717, 1.165) is 57.1 Å². The lowest BCUT2D eigenvalue weighted by atomic mass is 9.78. The third-order valence-electron chi connectivity index (χ3n) is 19.2. The summed E-state index contributed by atoms with van der Waals surface area (Å²) in [5, 5.41) is 94.3. The van der Waals surface area contributed by atoms with Crippen molar-refractivity contribution in [2.24, 2.45) is 16.6 Å². The molecule has 40 heteroatoms.